The molecular formula is C24H35FN4O3. The molecule has 1 aliphatic heterocycles. The summed E-state index contributed by atoms with van der Waals surface area (Å²) in [7, 11) is 3.75. The van der Waals surface area contributed by atoms with Crippen LogP contribution in [0.5, 0.6) is 5.75 Å². The molecule has 0 amide bonds. The molecule has 0 saturated carbocycles. The molecule has 1 aromatic heterocycles. The molecule has 1 aliphatic rings. The number of allylic oxidation sites excluding steroid dienone is 1. The van der Waals surface area contributed by atoms with Gasteiger partial charge in [-0.25, -0.2) is 4.39 Å². The number of benzene rings is 1. The lowest BCUT2D eigenvalue weighted by Crippen LogP contribution is -2.15. The number of carbonyl (C=O) groups excluding carboxylic acids is 1. The number of nitrogen functional groups attached to an aromatic ring is 1. The van der Waals surface area contributed by atoms with Gasteiger partial charge in [-0.3, -0.25) is 4.79 Å². The maximum Gasteiger partial charge on any atom is 0.152 e. The Balaban J connectivity index is 0.000000555. The van der Waals surface area contributed by atoms with Gasteiger partial charge in [-0.2, -0.15) is 0 Å². The SMILES string of the molecule is C=CC(C)=O.CNC.Cc1c(C2CCOCC2)[nH]c(N)c1/C=C(\N)c1cc(F)ccc1O. The molecule has 7 nitrogen and oxygen atoms in total. The van der Waals surface area contributed by atoms with Crippen molar-refractivity contribution in [1.29, 1.82) is 0 Å². The maximum absolute atomic E-state index is 13.4. The smallest absolute Gasteiger partial charge is 0.152 e. The van der Waals surface area contributed by atoms with E-state index in [0.717, 1.165) is 42.9 Å². The van der Waals surface area contributed by atoms with Gasteiger partial charge in [0.1, 0.15) is 17.4 Å². The second kappa shape index (κ2) is 13.3. The number of aromatic nitrogens is 1. The number of phenols is 1. The summed E-state index contributed by atoms with van der Waals surface area (Å²) in [5.41, 5.74) is 15.6. The highest BCUT2D eigenvalue weighted by atomic mass is 19.1. The zero-order valence-corrected chi connectivity index (χ0v) is 19.3. The van der Waals surface area contributed by atoms with E-state index in [1.807, 2.05) is 21.0 Å². The van der Waals surface area contributed by atoms with Crippen molar-refractivity contribution in [3.05, 3.63) is 59.1 Å². The second-order valence-electron chi connectivity index (χ2n) is 7.45. The predicted molar refractivity (Wildman–Crippen MR) is 129 cm³/mol. The minimum Gasteiger partial charge on any atom is -0.507 e. The van der Waals surface area contributed by atoms with Crippen molar-refractivity contribution in [3.8, 4) is 5.75 Å². The third-order valence-electron chi connectivity index (χ3n) is 4.85. The Labute approximate surface area is 189 Å². The van der Waals surface area contributed by atoms with E-state index < -0.39 is 5.82 Å². The molecule has 2 heterocycles. The molecule has 0 spiro atoms. The monoisotopic (exact) mass is 446 g/mol. The van der Waals surface area contributed by atoms with Crippen LogP contribution in [-0.2, 0) is 9.53 Å². The fourth-order valence-corrected chi connectivity index (χ4v) is 3.21. The van der Waals surface area contributed by atoms with E-state index in [4.69, 9.17) is 16.2 Å². The number of aromatic hydroxyl groups is 1. The average Bonchev–Trinajstić information content (AvgIpc) is 3.05. The highest BCUT2D eigenvalue weighted by Gasteiger charge is 2.22. The summed E-state index contributed by atoms with van der Waals surface area (Å²) in [6.07, 6.45) is 4.85. The summed E-state index contributed by atoms with van der Waals surface area (Å²) < 4.78 is 18.8. The van der Waals surface area contributed by atoms with Crippen molar-refractivity contribution in [3.63, 3.8) is 0 Å². The number of hydrogen-bond acceptors (Lipinski definition) is 6. The molecule has 0 unspecified atom stereocenters. The summed E-state index contributed by atoms with van der Waals surface area (Å²) in [5, 5.41) is 12.6. The van der Waals surface area contributed by atoms with Crippen LogP contribution in [0.1, 0.15) is 48.1 Å². The van der Waals surface area contributed by atoms with E-state index in [2.05, 4.69) is 16.9 Å². The van der Waals surface area contributed by atoms with Gasteiger partial charge in [0.25, 0.3) is 0 Å². The topological polar surface area (TPSA) is 126 Å². The fraction of sp³-hybridized carbons (Fsp3) is 0.375. The van der Waals surface area contributed by atoms with Gasteiger partial charge in [0.2, 0.25) is 0 Å². The third kappa shape index (κ3) is 7.86. The van der Waals surface area contributed by atoms with Crippen LogP contribution in [0.15, 0.2) is 30.9 Å². The van der Waals surface area contributed by atoms with Crippen LogP contribution in [0.2, 0.25) is 0 Å². The molecule has 3 rings (SSSR count). The van der Waals surface area contributed by atoms with Crippen LogP contribution in [0.4, 0.5) is 10.2 Å². The number of halogens is 1. The lowest BCUT2D eigenvalue weighted by molar-refractivity contribution is -0.112. The van der Waals surface area contributed by atoms with Crippen molar-refractivity contribution in [2.24, 2.45) is 5.73 Å². The van der Waals surface area contributed by atoms with Gasteiger partial charge in [-0.1, -0.05) is 6.58 Å². The van der Waals surface area contributed by atoms with E-state index in [0.29, 0.717) is 11.7 Å². The maximum atomic E-state index is 13.4. The molecular weight excluding hydrogens is 411 g/mol. The van der Waals surface area contributed by atoms with Crippen molar-refractivity contribution >= 4 is 23.4 Å². The Morgan fingerprint density at radius 3 is 2.44 bits per heavy atom. The van der Waals surface area contributed by atoms with E-state index in [9.17, 15) is 14.3 Å². The number of hydrogen-bond donors (Lipinski definition) is 5. The Bertz CT molecular complexity index is 932. The number of aromatic amines is 1. The van der Waals surface area contributed by atoms with Crippen LogP contribution in [0.25, 0.3) is 11.8 Å². The Morgan fingerprint density at radius 1 is 1.34 bits per heavy atom. The average molecular weight is 447 g/mol. The predicted octanol–water partition coefficient (Wildman–Crippen LogP) is 3.70. The van der Waals surface area contributed by atoms with Crippen molar-refractivity contribution in [2.45, 2.75) is 32.6 Å². The number of ether oxygens (including phenoxy) is 1. The molecule has 0 aliphatic carbocycles. The molecule has 7 N–H and O–H groups in total. The van der Waals surface area contributed by atoms with E-state index in [1.165, 1.54) is 31.2 Å². The van der Waals surface area contributed by atoms with Gasteiger partial charge >= 0.3 is 0 Å². The number of phenolic OH excluding ortho intramolecular Hbond substituents is 1. The molecule has 176 valence electrons. The van der Waals surface area contributed by atoms with Gasteiger partial charge in [-0.15, -0.1) is 0 Å². The van der Waals surface area contributed by atoms with Crippen LogP contribution >= 0.6 is 0 Å². The Morgan fingerprint density at radius 2 is 1.91 bits per heavy atom. The van der Waals surface area contributed by atoms with Crippen molar-refractivity contribution in [2.75, 3.05) is 33.0 Å². The molecule has 2 aromatic rings. The molecule has 0 bridgehead atoms. The van der Waals surface area contributed by atoms with Crippen LogP contribution in [0.3, 0.4) is 0 Å². The second-order valence-corrected chi connectivity index (χ2v) is 7.45. The number of H-pyrrole nitrogens is 1. The van der Waals surface area contributed by atoms with Gasteiger partial charge in [0.05, 0.1) is 0 Å². The largest absolute Gasteiger partial charge is 0.507 e. The normalized spacial score (nSPS) is 14.0. The minimum atomic E-state index is -0.458. The molecule has 0 atom stereocenters. The zero-order valence-electron chi connectivity index (χ0n) is 19.3. The lowest BCUT2D eigenvalue weighted by Gasteiger charge is -2.21. The quantitative estimate of drug-likeness (QED) is 0.456. The van der Waals surface area contributed by atoms with E-state index in [-0.39, 0.29) is 22.8 Å². The first kappa shape index (κ1) is 26.9. The Hall–Kier alpha value is -3.10. The Kier molecular flexibility index (Phi) is 11.2. The van der Waals surface area contributed by atoms with Crippen LogP contribution < -0.4 is 16.8 Å². The summed E-state index contributed by atoms with van der Waals surface area (Å²) in [4.78, 5) is 12.9. The number of nitrogens with one attached hydrogen (secondary N) is 2. The molecule has 8 heteroatoms. The van der Waals surface area contributed by atoms with Crippen molar-refractivity contribution in [1.82, 2.24) is 10.3 Å². The summed E-state index contributed by atoms with van der Waals surface area (Å²) in [6.45, 7) is 8.15. The van der Waals surface area contributed by atoms with E-state index >= 15 is 0 Å². The van der Waals surface area contributed by atoms with Gasteiger partial charge in [-0.05, 0) is 76.7 Å². The van der Waals surface area contributed by atoms with Crippen LogP contribution in [0, 0.1) is 12.7 Å². The fourth-order valence-electron chi connectivity index (χ4n) is 3.21. The van der Waals surface area contributed by atoms with Gasteiger partial charge in [0.15, 0.2) is 5.78 Å². The molecule has 32 heavy (non-hydrogen) atoms. The summed E-state index contributed by atoms with van der Waals surface area (Å²) in [5.74, 6) is 0.396. The lowest BCUT2D eigenvalue weighted by atomic mass is 9.93. The van der Waals surface area contributed by atoms with Gasteiger partial charge < -0.3 is 31.6 Å². The molecule has 1 fully saturated rings. The minimum absolute atomic E-state index is 0.0185. The van der Waals surface area contributed by atoms with Crippen LogP contribution in [-0.4, -0.2) is 43.2 Å². The first-order valence-corrected chi connectivity index (χ1v) is 10.4. The highest BCUT2D eigenvalue weighted by Crippen LogP contribution is 2.34. The zero-order chi connectivity index (χ0) is 24.3. The highest BCUT2D eigenvalue weighted by molar-refractivity contribution is 5.86. The van der Waals surface area contributed by atoms with Gasteiger partial charge in [0, 0.05) is 41.6 Å². The number of rotatable bonds is 4. The number of carbonyl (C=O) groups is 1. The molecule has 1 aromatic carbocycles. The number of nitrogens with two attached hydrogens (primary N) is 2. The third-order valence-corrected chi connectivity index (χ3v) is 4.85. The summed E-state index contributed by atoms with van der Waals surface area (Å²) >= 11 is 0. The number of anilines is 1. The number of ketones is 1. The van der Waals surface area contributed by atoms with E-state index in [1.54, 1.807) is 6.08 Å². The first-order chi connectivity index (χ1) is 15.2. The molecule has 0 radical (unpaired) electrons. The van der Waals surface area contributed by atoms with Crippen molar-refractivity contribution < 1.29 is 19.0 Å². The summed E-state index contributed by atoms with van der Waals surface area (Å²) in [6, 6.07) is 3.68. The first-order valence-electron chi connectivity index (χ1n) is 10.4. The molecule has 1 saturated heterocycles. The standard InChI is InChI=1S/C18H22FN3O2.C4H6O.C2H7N/c1-10-13(9-15(20)14-8-12(19)2-3-16(14)23)18(21)22-17(10)11-4-6-24-7-5-11;1-3-4(2)5;1-3-2/h2-3,8-9,11,22-23H,4-7,20-21H2,1H3;3H,1H2,2H3;3H,1-2H3/b15-9-;;.